The second-order valence-electron chi connectivity index (χ2n) is 5.84. The molecule has 1 aromatic rings. The highest BCUT2D eigenvalue weighted by Gasteiger charge is 2.33. The minimum Gasteiger partial charge on any atom is -0.389 e. The first kappa shape index (κ1) is 16.3. The predicted octanol–water partition coefficient (Wildman–Crippen LogP) is 2.18. The Morgan fingerprint density at radius 3 is 2.29 bits per heavy atom. The second kappa shape index (κ2) is 5.98. The van der Waals surface area contributed by atoms with Gasteiger partial charge in [-0.3, -0.25) is 0 Å². The molecule has 0 spiro atoms. The summed E-state index contributed by atoms with van der Waals surface area (Å²) in [5.74, 6) is -1.40. The van der Waals surface area contributed by atoms with Crippen LogP contribution in [0.25, 0.3) is 0 Å². The molecule has 1 fully saturated rings. The van der Waals surface area contributed by atoms with Crippen LogP contribution in [0.1, 0.15) is 32.6 Å². The number of nitrogens with one attached hydrogen (secondary N) is 1. The van der Waals surface area contributed by atoms with Gasteiger partial charge in [-0.25, -0.2) is 21.9 Å². The van der Waals surface area contributed by atoms with Crippen LogP contribution in [0, 0.1) is 17.6 Å². The van der Waals surface area contributed by atoms with Crippen LogP contribution in [-0.4, -0.2) is 25.7 Å². The fourth-order valence-electron chi connectivity index (χ4n) is 2.47. The number of halogens is 2. The van der Waals surface area contributed by atoms with Crippen LogP contribution in [0.15, 0.2) is 23.1 Å². The smallest absolute Gasteiger partial charge is 0.240 e. The van der Waals surface area contributed by atoms with Crippen molar-refractivity contribution in [3.8, 4) is 0 Å². The minimum atomic E-state index is -4.05. The van der Waals surface area contributed by atoms with E-state index in [9.17, 15) is 22.3 Å². The third-order valence-electron chi connectivity index (χ3n) is 3.94. The maximum atomic E-state index is 13.1. The number of hydrogen-bond acceptors (Lipinski definition) is 3. The number of sulfonamides is 1. The first-order valence-electron chi connectivity index (χ1n) is 6.88. The lowest BCUT2D eigenvalue weighted by Gasteiger charge is -2.34. The van der Waals surface area contributed by atoms with E-state index in [4.69, 9.17) is 0 Å². The summed E-state index contributed by atoms with van der Waals surface area (Å²) in [5, 5.41) is 10.3. The highest BCUT2D eigenvalue weighted by atomic mass is 32.2. The molecule has 118 valence electrons. The Morgan fingerprint density at radius 2 is 1.76 bits per heavy atom. The number of hydrogen-bond donors (Lipinski definition) is 2. The first-order valence-corrected chi connectivity index (χ1v) is 8.37. The van der Waals surface area contributed by atoms with Gasteiger partial charge in [0.25, 0.3) is 0 Å². The van der Waals surface area contributed by atoms with Gasteiger partial charge >= 0.3 is 0 Å². The molecule has 1 saturated carbocycles. The molecule has 0 amide bonds. The normalized spacial score (nSPS) is 26.8. The Morgan fingerprint density at radius 1 is 1.24 bits per heavy atom. The lowest BCUT2D eigenvalue weighted by Crippen LogP contribution is -2.45. The van der Waals surface area contributed by atoms with E-state index >= 15 is 0 Å². The number of benzene rings is 1. The van der Waals surface area contributed by atoms with Crippen molar-refractivity contribution in [2.75, 3.05) is 6.54 Å². The average molecular weight is 319 g/mol. The van der Waals surface area contributed by atoms with Gasteiger partial charge < -0.3 is 5.11 Å². The summed E-state index contributed by atoms with van der Waals surface area (Å²) in [5.41, 5.74) is -1.09. The fourth-order valence-corrected chi connectivity index (χ4v) is 3.63. The Bertz CT molecular complexity index is 590. The van der Waals surface area contributed by atoms with Crippen molar-refractivity contribution in [1.29, 1.82) is 0 Å². The van der Waals surface area contributed by atoms with E-state index in [2.05, 4.69) is 11.6 Å². The molecule has 1 aromatic carbocycles. The summed E-state index contributed by atoms with van der Waals surface area (Å²) < 4.78 is 52.5. The SMILES string of the molecule is CC1CCC(O)(CNS(=O)(=O)c2cc(F)cc(F)c2)CC1. The zero-order valence-electron chi connectivity index (χ0n) is 11.8. The van der Waals surface area contributed by atoms with Crippen molar-refractivity contribution >= 4 is 10.0 Å². The maximum Gasteiger partial charge on any atom is 0.240 e. The largest absolute Gasteiger partial charge is 0.389 e. The van der Waals surface area contributed by atoms with Crippen LogP contribution in [0.5, 0.6) is 0 Å². The summed E-state index contributed by atoms with van der Waals surface area (Å²) in [7, 11) is -4.05. The third kappa shape index (κ3) is 4.21. The van der Waals surface area contributed by atoms with E-state index in [0.29, 0.717) is 24.8 Å². The van der Waals surface area contributed by atoms with Gasteiger partial charge in [0.15, 0.2) is 0 Å². The molecule has 7 heteroatoms. The summed E-state index contributed by atoms with van der Waals surface area (Å²) in [4.78, 5) is -0.479. The molecule has 0 bridgehead atoms. The Balaban J connectivity index is 2.07. The summed E-state index contributed by atoms with van der Waals surface area (Å²) in [6, 6.07) is 2.10. The van der Waals surface area contributed by atoms with Crippen molar-refractivity contribution in [3.63, 3.8) is 0 Å². The molecule has 21 heavy (non-hydrogen) atoms. The molecular weight excluding hydrogens is 300 g/mol. The molecular formula is C14H19F2NO3S. The van der Waals surface area contributed by atoms with Crippen LogP contribution in [0.3, 0.4) is 0 Å². The molecule has 0 atom stereocenters. The summed E-state index contributed by atoms with van der Waals surface area (Å²) >= 11 is 0. The standard InChI is InChI=1S/C14H19F2NO3S/c1-10-2-4-14(18,5-3-10)9-17-21(19,20)13-7-11(15)6-12(16)8-13/h6-8,10,17-18H,2-5,9H2,1H3. The molecule has 0 radical (unpaired) electrons. The topological polar surface area (TPSA) is 66.4 Å². The van der Waals surface area contributed by atoms with Crippen molar-refractivity contribution in [2.24, 2.45) is 5.92 Å². The molecule has 0 heterocycles. The van der Waals surface area contributed by atoms with Gasteiger partial charge in [0.1, 0.15) is 11.6 Å². The highest BCUT2D eigenvalue weighted by molar-refractivity contribution is 7.89. The van der Waals surface area contributed by atoms with Crippen LogP contribution >= 0.6 is 0 Å². The van der Waals surface area contributed by atoms with E-state index in [1.165, 1.54) is 0 Å². The van der Waals surface area contributed by atoms with Gasteiger partial charge in [0.2, 0.25) is 10.0 Å². The quantitative estimate of drug-likeness (QED) is 0.894. The molecule has 2 rings (SSSR count). The van der Waals surface area contributed by atoms with Gasteiger partial charge in [0, 0.05) is 12.6 Å². The molecule has 0 aliphatic heterocycles. The zero-order chi connectivity index (χ0) is 15.7. The molecule has 0 unspecified atom stereocenters. The molecule has 0 aromatic heterocycles. The van der Waals surface area contributed by atoms with Gasteiger partial charge in [-0.15, -0.1) is 0 Å². The fraction of sp³-hybridized carbons (Fsp3) is 0.571. The van der Waals surface area contributed by atoms with Gasteiger partial charge in [0.05, 0.1) is 10.5 Å². The summed E-state index contributed by atoms with van der Waals surface area (Å²) in [6.45, 7) is 1.93. The van der Waals surface area contributed by atoms with Crippen LogP contribution in [0.4, 0.5) is 8.78 Å². The van der Waals surface area contributed by atoms with Crippen molar-refractivity contribution in [1.82, 2.24) is 4.72 Å². The molecule has 0 saturated heterocycles. The van der Waals surface area contributed by atoms with Crippen molar-refractivity contribution in [2.45, 2.75) is 43.1 Å². The lowest BCUT2D eigenvalue weighted by molar-refractivity contribution is -0.00182. The average Bonchev–Trinajstić information content (AvgIpc) is 2.40. The van der Waals surface area contributed by atoms with Crippen molar-refractivity contribution in [3.05, 3.63) is 29.8 Å². The van der Waals surface area contributed by atoms with Gasteiger partial charge in [-0.05, 0) is 43.7 Å². The zero-order valence-corrected chi connectivity index (χ0v) is 12.6. The molecule has 1 aliphatic carbocycles. The predicted molar refractivity (Wildman–Crippen MR) is 74.1 cm³/mol. The van der Waals surface area contributed by atoms with Crippen LogP contribution < -0.4 is 4.72 Å². The summed E-state index contributed by atoms with van der Waals surface area (Å²) in [6.07, 6.45) is 2.67. The Kier molecular flexibility index (Phi) is 4.65. The Labute approximate surface area is 123 Å². The highest BCUT2D eigenvalue weighted by Crippen LogP contribution is 2.31. The van der Waals surface area contributed by atoms with Crippen LogP contribution in [0.2, 0.25) is 0 Å². The van der Waals surface area contributed by atoms with Gasteiger partial charge in [-0.1, -0.05) is 6.92 Å². The third-order valence-corrected chi connectivity index (χ3v) is 5.32. The van der Waals surface area contributed by atoms with Crippen LogP contribution in [-0.2, 0) is 10.0 Å². The van der Waals surface area contributed by atoms with E-state index < -0.39 is 32.2 Å². The number of aliphatic hydroxyl groups is 1. The second-order valence-corrected chi connectivity index (χ2v) is 7.60. The molecule has 1 aliphatic rings. The van der Waals surface area contributed by atoms with E-state index in [0.717, 1.165) is 25.0 Å². The maximum absolute atomic E-state index is 13.1. The van der Waals surface area contributed by atoms with E-state index in [-0.39, 0.29) is 6.54 Å². The van der Waals surface area contributed by atoms with E-state index in [1.807, 2.05) is 0 Å². The van der Waals surface area contributed by atoms with Gasteiger partial charge in [-0.2, -0.15) is 0 Å². The van der Waals surface area contributed by atoms with E-state index in [1.54, 1.807) is 0 Å². The first-order chi connectivity index (χ1) is 9.70. The minimum absolute atomic E-state index is 0.153. The molecule has 4 nitrogen and oxygen atoms in total. The van der Waals surface area contributed by atoms with Crippen molar-refractivity contribution < 1.29 is 22.3 Å². The monoisotopic (exact) mass is 319 g/mol. The lowest BCUT2D eigenvalue weighted by atomic mass is 9.80. The Hall–Kier alpha value is -1.05. The number of rotatable bonds is 4. The molecule has 2 N–H and O–H groups in total.